The van der Waals surface area contributed by atoms with Gasteiger partial charge in [0.05, 0.1) is 11.1 Å². The molecule has 0 unspecified atom stereocenters. The molecule has 2 N–H and O–H groups in total. The monoisotopic (exact) mass is 385 g/mol. The summed E-state index contributed by atoms with van der Waals surface area (Å²) < 4.78 is 0. The van der Waals surface area contributed by atoms with Crippen LogP contribution in [0.1, 0.15) is 72.1 Å². The van der Waals surface area contributed by atoms with Gasteiger partial charge in [0, 0.05) is 32.0 Å². The van der Waals surface area contributed by atoms with Crippen LogP contribution in [0.3, 0.4) is 0 Å². The molecule has 0 spiro atoms. The van der Waals surface area contributed by atoms with E-state index in [1.807, 2.05) is 0 Å². The van der Waals surface area contributed by atoms with Crippen molar-refractivity contribution in [3.63, 3.8) is 0 Å². The fraction of sp³-hybridized carbons (Fsp3) is 0.524. The van der Waals surface area contributed by atoms with Crippen LogP contribution in [-0.4, -0.2) is 47.7 Å². The molecule has 0 saturated heterocycles. The molecule has 1 saturated carbocycles. The summed E-state index contributed by atoms with van der Waals surface area (Å²) in [4.78, 5) is 49.4. The fourth-order valence-electron chi connectivity index (χ4n) is 3.78. The fourth-order valence-corrected chi connectivity index (χ4v) is 3.78. The van der Waals surface area contributed by atoms with Crippen molar-refractivity contribution in [1.29, 1.82) is 0 Å². The molecular weight excluding hydrogens is 358 g/mol. The van der Waals surface area contributed by atoms with Gasteiger partial charge in [-0.1, -0.05) is 25.0 Å². The number of carbonyl (C=O) groups is 4. The summed E-state index contributed by atoms with van der Waals surface area (Å²) in [5.74, 6) is -0.697. The van der Waals surface area contributed by atoms with E-state index in [0.717, 1.165) is 17.7 Å². The lowest BCUT2D eigenvalue weighted by Crippen LogP contribution is -2.38. The van der Waals surface area contributed by atoms with Crippen molar-refractivity contribution in [1.82, 2.24) is 15.5 Å². The summed E-state index contributed by atoms with van der Waals surface area (Å²) in [6, 6.07) is 7.05. The van der Waals surface area contributed by atoms with Gasteiger partial charge in [-0.2, -0.15) is 0 Å². The van der Waals surface area contributed by atoms with Crippen LogP contribution >= 0.6 is 0 Å². The van der Waals surface area contributed by atoms with Gasteiger partial charge in [-0.25, -0.2) is 0 Å². The molecule has 0 aromatic heterocycles. The second-order valence-corrected chi connectivity index (χ2v) is 7.41. The van der Waals surface area contributed by atoms with E-state index in [0.29, 0.717) is 42.9 Å². The van der Waals surface area contributed by atoms with Gasteiger partial charge in [0.2, 0.25) is 11.8 Å². The van der Waals surface area contributed by atoms with Gasteiger partial charge in [0.25, 0.3) is 11.8 Å². The largest absolute Gasteiger partial charge is 0.354 e. The van der Waals surface area contributed by atoms with Gasteiger partial charge in [-0.05, 0) is 37.8 Å². The third-order valence-corrected chi connectivity index (χ3v) is 5.31. The van der Waals surface area contributed by atoms with E-state index >= 15 is 0 Å². The summed E-state index contributed by atoms with van der Waals surface area (Å²) in [7, 11) is 0. The normalized spacial score (nSPS) is 16.4. The van der Waals surface area contributed by atoms with E-state index in [2.05, 4.69) is 10.6 Å². The Morgan fingerprint density at radius 3 is 2.11 bits per heavy atom. The number of hydrogen-bond acceptors (Lipinski definition) is 4. The Kier molecular flexibility index (Phi) is 6.79. The third-order valence-electron chi connectivity index (χ3n) is 5.31. The van der Waals surface area contributed by atoms with E-state index in [4.69, 9.17) is 0 Å². The Hall–Kier alpha value is -2.70. The number of nitrogens with zero attached hydrogens (tertiary/aromatic N) is 1. The van der Waals surface area contributed by atoms with Crippen LogP contribution in [0.25, 0.3) is 0 Å². The molecule has 150 valence electrons. The molecule has 28 heavy (non-hydrogen) atoms. The maximum Gasteiger partial charge on any atom is 0.261 e. The first-order valence-electron chi connectivity index (χ1n) is 10.1. The molecule has 3 rings (SSSR count). The first kappa shape index (κ1) is 20.0. The van der Waals surface area contributed by atoms with Crippen LogP contribution in [0.15, 0.2) is 24.3 Å². The van der Waals surface area contributed by atoms with Crippen molar-refractivity contribution in [3.05, 3.63) is 35.4 Å². The molecule has 1 fully saturated rings. The molecule has 0 bridgehead atoms. The highest BCUT2D eigenvalue weighted by Crippen LogP contribution is 2.21. The van der Waals surface area contributed by atoms with E-state index in [1.165, 1.54) is 12.8 Å². The molecule has 1 heterocycles. The summed E-state index contributed by atoms with van der Waals surface area (Å²) in [5.41, 5.74) is 0.824. The standard InChI is InChI=1S/C21H27N3O4/c25-18(11-5-6-12-19(26)23-15-7-1-2-8-15)22-13-14-24-20(27)16-9-3-4-10-17(16)21(24)28/h3-4,9-10,15H,1-2,5-8,11-14H2,(H,22,25)(H,23,26). The maximum absolute atomic E-state index is 12.2. The smallest absolute Gasteiger partial charge is 0.261 e. The number of benzene rings is 1. The van der Waals surface area contributed by atoms with Crippen molar-refractivity contribution >= 4 is 23.6 Å². The van der Waals surface area contributed by atoms with E-state index in [-0.39, 0.29) is 36.7 Å². The zero-order chi connectivity index (χ0) is 19.9. The second-order valence-electron chi connectivity index (χ2n) is 7.41. The van der Waals surface area contributed by atoms with Crippen molar-refractivity contribution in [2.24, 2.45) is 0 Å². The summed E-state index contributed by atoms with van der Waals surface area (Å²) in [6.07, 6.45) is 6.60. The minimum absolute atomic E-state index is 0.0675. The van der Waals surface area contributed by atoms with E-state index < -0.39 is 0 Å². The Labute approximate surface area is 164 Å². The predicted molar refractivity (Wildman–Crippen MR) is 104 cm³/mol. The lowest BCUT2D eigenvalue weighted by atomic mass is 10.1. The Morgan fingerprint density at radius 2 is 1.50 bits per heavy atom. The molecular formula is C21H27N3O4. The van der Waals surface area contributed by atoms with Gasteiger partial charge in [0.1, 0.15) is 0 Å². The molecule has 1 aliphatic heterocycles. The highest BCUT2D eigenvalue weighted by Gasteiger charge is 2.34. The highest BCUT2D eigenvalue weighted by molar-refractivity contribution is 6.21. The Balaban J connectivity index is 1.28. The van der Waals surface area contributed by atoms with Crippen molar-refractivity contribution in [2.45, 2.75) is 57.4 Å². The van der Waals surface area contributed by atoms with Crippen molar-refractivity contribution < 1.29 is 19.2 Å². The number of imide groups is 1. The summed E-state index contributed by atoms with van der Waals surface area (Å²) in [5, 5.41) is 5.78. The van der Waals surface area contributed by atoms with Gasteiger partial charge in [0.15, 0.2) is 0 Å². The molecule has 1 aromatic rings. The minimum atomic E-state index is -0.317. The van der Waals surface area contributed by atoms with Crippen LogP contribution in [0.2, 0.25) is 0 Å². The summed E-state index contributed by atoms with van der Waals surface area (Å²) >= 11 is 0. The highest BCUT2D eigenvalue weighted by atomic mass is 16.2. The third kappa shape index (κ3) is 4.97. The first-order valence-corrected chi connectivity index (χ1v) is 10.1. The molecule has 7 heteroatoms. The minimum Gasteiger partial charge on any atom is -0.354 e. The van der Waals surface area contributed by atoms with Gasteiger partial charge in [-0.15, -0.1) is 0 Å². The zero-order valence-electron chi connectivity index (χ0n) is 16.0. The number of carbonyl (C=O) groups excluding carboxylic acids is 4. The zero-order valence-corrected chi connectivity index (χ0v) is 16.0. The van der Waals surface area contributed by atoms with Crippen LogP contribution in [0.4, 0.5) is 0 Å². The first-order chi connectivity index (χ1) is 13.6. The number of unbranched alkanes of at least 4 members (excludes halogenated alkanes) is 1. The van der Waals surface area contributed by atoms with E-state index in [1.54, 1.807) is 24.3 Å². The lowest BCUT2D eigenvalue weighted by molar-refractivity contribution is -0.123. The number of nitrogens with one attached hydrogen (secondary N) is 2. The van der Waals surface area contributed by atoms with Gasteiger partial charge >= 0.3 is 0 Å². The second kappa shape index (κ2) is 9.48. The van der Waals surface area contributed by atoms with Crippen molar-refractivity contribution in [2.75, 3.05) is 13.1 Å². The lowest BCUT2D eigenvalue weighted by Gasteiger charge is -2.14. The number of fused-ring (bicyclic) bond motifs is 1. The molecule has 4 amide bonds. The van der Waals surface area contributed by atoms with Crippen LogP contribution in [0, 0.1) is 0 Å². The Bertz CT molecular complexity index is 721. The summed E-state index contributed by atoms with van der Waals surface area (Å²) in [6.45, 7) is 0.383. The van der Waals surface area contributed by atoms with Crippen molar-refractivity contribution in [3.8, 4) is 0 Å². The average molecular weight is 385 g/mol. The van der Waals surface area contributed by atoms with Crippen LogP contribution in [0.5, 0.6) is 0 Å². The maximum atomic E-state index is 12.2. The van der Waals surface area contributed by atoms with E-state index in [9.17, 15) is 19.2 Å². The number of rotatable bonds is 9. The number of amides is 4. The average Bonchev–Trinajstić information content (AvgIpc) is 3.28. The quantitative estimate of drug-likeness (QED) is 0.502. The molecule has 1 aromatic carbocycles. The molecule has 1 aliphatic carbocycles. The van der Waals surface area contributed by atoms with Crippen LogP contribution in [-0.2, 0) is 9.59 Å². The van der Waals surface area contributed by atoms with Gasteiger partial charge in [-0.3, -0.25) is 24.1 Å². The molecule has 0 atom stereocenters. The SMILES string of the molecule is O=C(CCCCC(=O)NC1CCCC1)NCCN1C(=O)c2ccccc2C1=O. The topological polar surface area (TPSA) is 95.6 Å². The van der Waals surface area contributed by atoms with Gasteiger partial charge < -0.3 is 10.6 Å². The predicted octanol–water partition coefficient (Wildman–Crippen LogP) is 2.02. The molecule has 2 aliphatic rings. The molecule has 0 radical (unpaired) electrons. The number of hydrogen-bond donors (Lipinski definition) is 2. The molecule has 7 nitrogen and oxygen atoms in total. The Morgan fingerprint density at radius 1 is 0.929 bits per heavy atom. The van der Waals surface area contributed by atoms with Crippen LogP contribution < -0.4 is 10.6 Å².